The fraction of sp³-hybridized carbons (Fsp3) is 0.364. The molecule has 0 aliphatic rings. The van der Waals surface area contributed by atoms with Crippen molar-refractivity contribution in [1.29, 1.82) is 0 Å². The number of hydrogen-bond acceptors (Lipinski definition) is 4. The summed E-state index contributed by atoms with van der Waals surface area (Å²) in [5.74, 6) is -0.155. The second-order valence-corrected chi connectivity index (χ2v) is 5.39. The number of nitrogens with zero attached hydrogens (tertiary/aromatic N) is 2. The molecule has 7 nitrogen and oxygen atoms in total. The zero-order valence-electron chi connectivity index (χ0n) is 10.9. The highest BCUT2D eigenvalue weighted by Crippen LogP contribution is 2.17. The number of rotatable bonds is 6. The van der Waals surface area contributed by atoms with Crippen molar-refractivity contribution in [3.05, 3.63) is 29.8 Å². The molecule has 0 atom stereocenters. The summed E-state index contributed by atoms with van der Waals surface area (Å²) in [5, 5.41) is 11.6. The monoisotopic (exact) mass is 286 g/mol. The van der Waals surface area contributed by atoms with Crippen LogP contribution in [0, 0.1) is 0 Å². The average Bonchev–Trinajstić information content (AvgIpc) is 2.39. The summed E-state index contributed by atoms with van der Waals surface area (Å²) >= 11 is 0. The molecule has 0 amide bonds. The zero-order valence-corrected chi connectivity index (χ0v) is 11.7. The summed E-state index contributed by atoms with van der Waals surface area (Å²) in [5.41, 5.74) is 6.09. The van der Waals surface area contributed by atoms with Gasteiger partial charge in [0, 0.05) is 18.7 Å². The van der Waals surface area contributed by atoms with E-state index in [1.54, 1.807) is 38.1 Å². The van der Waals surface area contributed by atoms with E-state index in [-0.39, 0.29) is 11.5 Å². The number of nitrogens with two attached hydrogens (primary N) is 1. The lowest BCUT2D eigenvalue weighted by Crippen LogP contribution is -2.36. The summed E-state index contributed by atoms with van der Waals surface area (Å²) < 4.78 is 27.9. The zero-order chi connectivity index (χ0) is 14.5. The molecule has 0 aliphatic carbocycles. The lowest BCUT2D eigenvalue weighted by molar-refractivity contribution is 0.318. The topological polar surface area (TPSA) is 108 Å². The molecule has 0 saturated carbocycles. The Morgan fingerprint density at radius 1 is 1.37 bits per heavy atom. The van der Waals surface area contributed by atoms with Crippen LogP contribution in [0.5, 0.6) is 0 Å². The van der Waals surface area contributed by atoms with Crippen molar-refractivity contribution >= 4 is 21.7 Å². The van der Waals surface area contributed by atoms with Crippen molar-refractivity contribution in [3.63, 3.8) is 0 Å². The van der Waals surface area contributed by atoms with Gasteiger partial charge in [-0.2, -0.15) is 12.7 Å². The second-order valence-electron chi connectivity index (χ2n) is 3.72. The van der Waals surface area contributed by atoms with E-state index in [1.165, 1.54) is 4.31 Å². The molecule has 0 aromatic heterocycles. The van der Waals surface area contributed by atoms with Gasteiger partial charge in [-0.05, 0) is 12.1 Å². The number of anilines is 1. The predicted molar refractivity (Wildman–Crippen MR) is 74.4 cm³/mol. The minimum Gasteiger partial charge on any atom is -0.409 e. The molecule has 19 heavy (non-hydrogen) atoms. The first-order valence-electron chi connectivity index (χ1n) is 5.81. The molecular weight excluding hydrogens is 268 g/mol. The maximum atomic E-state index is 12.1. The predicted octanol–water partition coefficient (Wildman–Crippen LogP) is 0.780. The van der Waals surface area contributed by atoms with Gasteiger partial charge in [-0.3, -0.25) is 4.72 Å². The highest BCUT2D eigenvalue weighted by atomic mass is 32.2. The molecule has 0 spiro atoms. The summed E-state index contributed by atoms with van der Waals surface area (Å²) in [7, 11) is -3.65. The van der Waals surface area contributed by atoms with Crippen LogP contribution in [0.25, 0.3) is 0 Å². The highest BCUT2D eigenvalue weighted by Gasteiger charge is 2.20. The first-order valence-corrected chi connectivity index (χ1v) is 7.25. The van der Waals surface area contributed by atoms with E-state index in [9.17, 15) is 8.42 Å². The van der Waals surface area contributed by atoms with E-state index in [4.69, 9.17) is 10.9 Å². The lowest BCUT2D eigenvalue weighted by atomic mass is 10.2. The Morgan fingerprint density at radius 2 is 1.95 bits per heavy atom. The standard InChI is InChI=1S/C11H18N4O3S/c1-3-15(4-2)19(17,18)14-10-8-6-5-7-9(10)11(12)13-16/h5-8,14,16H,3-4H2,1-2H3,(H2,12,13). The fourth-order valence-electron chi connectivity index (χ4n) is 1.62. The molecule has 0 radical (unpaired) electrons. The van der Waals surface area contributed by atoms with Gasteiger partial charge in [0.1, 0.15) is 0 Å². The van der Waals surface area contributed by atoms with E-state index in [1.807, 2.05) is 0 Å². The van der Waals surface area contributed by atoms with Gasteiger partial charge in [0.2, 0.25) is 0 Å². The van der Waals surface area contributed by atoms with Crippen molar-refractivity contribution in [2.24, 2.45) is 10.9 Å². The van der Waals surface area contributed by atoms with E-state index in [0.29, 0.717) is 18.7 Å². The number of para-hydroxylation sites is 1. The van der Waals surface area contributed by atoms with Crippen LogP contribution >= 0.6 is 0 Å². The molecule has 8 heteroatoms. The minimum atomic E-state index is -3.65. The molecule has 4 N–H and O–H groups in total. The Morgan fingerprint density at radius 3 is 2.47 bits per heavy atom. The van der Waals surface area contributed by atoms with Gasteiger partial charge in [-0.1, -0.05) is 31.1 Å². The number of nitrogens with one attached hydrogen (secondary N) is 1. The molecule has 1 aromatic carbocycles. The van der Waals surface area contributed by atoms with Crippen LogP contribution in [-0.2, 0) is 10.2 Å². The molecule has 0 saturated heterocycles. The highest BCUT2D eigenvalue weighted by molar-refractivity contribution is 7.90. The van der Waals surface area contributed by atoms with Crippen LogP contribution in [0.15, 0.2) is 29.4 Å². The third-order valence-electron chi connectivity index (χ3n) is 2.60. The number of hydrogen-bond donors (Lipinski definition) is 3. The Kier molecular flexibility index (Phi) is 5.13. The fourth-order valence-corrected chi connectivity index (χ4v) is 2.88. The Bertz CT molecular complexity index is 553. The average molecular weight is 286 g/mol. The number of amidine groups is 1. The van der Waals surface area contributed by atoms with Gasteiger partial charge in [0.25, 0.3) is 0 Å². The van der Waals surface area contributed by atoms with Crippen molar-refractivity contribution < 1.29 is 13.6 Å². The van der Waals surface area contributed by atoms with Crippen molar-refractivity contribution in [3.8, 4) is 0 Å². The SMILES string of the molecule is CCN(CC)S(=O)(=O)Nc1ccccc1/C(N)=N/O. The van der Waals surface area contributed by atoms with Gasteiger partial charge in [0.05, 0.1) is 5.69 Å². The van der Waals surface area contributed by atoms with Gasteiger partial charge in [-0.15, -0.1) is 0 Å². The Labute approximate surface area is 112 Å². The maximum Gasteiger partial charge on any atom is 0.301 e. The Balaban J connectivity index is 3.13. The molecule has 0 unspecified atom stereocenters. The largest absolute Gasteiger partial charge is 0.409 e. The normalized spacial score (nSPS) is 12.7. The first-order chi connectivity index (χ1) is 8.96. The summed E-state index contributed by atoms with van der Waals surface area (Å²) in [6, 6.07) is 6.44. The molecule has 0 heterocycles. The van der Waals surface area contributed by atoms with Crippen LogP contribution in [0.3, 0.4) is 0 Å². The third-order valence-corrected chi connectivity index (χ3v) is 4.27. The van der Waals surface area contributed by atoms with E-state index < -0.39 is 10.2 Å². The molecule has 1 rings (SSSR count). The minimum absolute atomic E-state index is 0.155. The molecular formula is C11H18N4O3S. The third kappa shape index (κ3) is 3.58. The number of oxime groups is 1. The van der Waals surface area contributed by atoms with Crippen LogP contribution in [0.4, 0.5) is 5.69 Å². The van der Waals surface area contributed by atoms with Crippen molar-refractivity contribution in [1.82, 2.24) is 4.31 Å². The molecule has 0 bridgehead atoms. The van der Waals surface area contributed by atoms with Gasteiger partial charge in [-0.25, -0.2) is 0 Å². The van der Waals surface area contributed by atoms with Crippen LogP contribution in [0.2, 0.25) is 0 Å². The van der Waals surface area contributed by atoms with Crippen LogP contribution in [-0.4, -0.2) is 36.9 Å². The maximum absolute atomic E-state index is 12.1. The van der Waals surface area contributed by atoms with Crippen molar-refractivity contribution in [2.75, 3.05) is 17.8 Å². The Hall–Kier alpha value is -1.80. The lowest BCUT2D eigenvalue weighted by Gasteiger charge is -2.20. The smallest absolute Gasteiger partial charge is 0.301 e. The van der Waals surface area contributed by atoms with E-state index in [2.05, 4.69) is 9.88 Å². The van der Waals surface area contributed by atoms with Crippen molar-refractivity contribution in [2.45, 2.75) is 13.8 Å². The van der Waals surface area contributed by atoms with Gasteiger partial charge in [0.15, 0.2) is 5.84 Å². The van der Waals surface area contributed by atoms with E-state index in [0.717, 1.165) is 0 Å². The van der Waals surface area contributed by atoms with Gasteiger partial charge >= 0.3 is 10.2 Å². The quantitative estimate of drug-likeness (QED) is 0.311. The first kappa shape index (κ1) is 15.3. The number of benzene rings is 1. The van der Waals surface area contributed by atoms with E-state index >= 15 is 0 Å². The second kappa shape index (κ2) is 6.39. The molecule has 1 aromatic rings. The summed E-state index contributed by atoms with van der Waals surface area (Å²) in [6.07, 6.45) is 0. The van der Waals surface area contributed by atoms with Crippen LogP contribution < -0.4 is 10.5 Å². The molecule has 0 fully saturated rings. The summed E-state index contributed by atoms with van der Waals surface area (Å²) in [6.45, 7) is 4.21. The molecule has 0 aliphatic heterocycles. The van der Waals surface area contributed by atoms with Gasteiger partial charge < -0.3 is 10.9 Å². The summed E-state index contributed by atoms with van der Waals surface area (Å²) in [4.78, 5) is 0. The molecule has 106 valence electrons. The van der Waals surface area contributed by atoms with Crippen LogP contribution in [0.1, 0.15) is 19.4 Å².